The van der Waals surface area contributed by atoms with Crippen LogP contribution in [0.3, 0.4) is 0 Å². The Morgan fingerprint density at radius 3 is 2.79 bits per heavy atom. The molecule has 0 aliphatic carbocycles. The fourth-order valence-corrected chi connectivity index (χ4v) is 1.52. The van der Waals surface area contributed by atoms with Gasteiger partial charge in [0.25, 0.3) is 5.69 Å². The number of aromatic hydroxyl groups is 1. The maximum Gasteiger partial charge on any atom is 0.271 e. The van der Waals surface area contributed by atoms with Crippen LogP contribution in [-0.4, -0.2) is 16.2 Å². The van der Waals surface area contributed by atoms with E-state index in [1.54, 1.807) is 22.6 Å². The standard InChI is InChI=1S/C7H6IN3O3/c8-6-2-5(11(13)14)1-4(3-10-9)7(6)12/h1-3,12H,9H2. The largest absolute Gasteiger partial charge is 0.506 e. The van der Waals surface area contributed by atoms with Gasteiger partial charge in [0.1, 0.15) is 5.75 Å². The SMILES string of the molecule is NN=Cc1cc([N+](=O)[O-])cc(I)c1O. The molecule has 1 aromatic carbocycles. The molecule has 0 radical (unpaired) electrons. The van der Waals surface area contributed by atoms with E-state index in [1.807, 2.05) is 0 Å². The topological polar surface area (TPSA) is 102 Å². The van der Waals surface area contributed by atoms with Crippen LogP contribution in [-0.2, 0) is 0 Å². The number of nitrogens with zero attached hydrogens (tertiary/aromatic N) is 2. The van der Waals surface area contributed by atoms with Crippen LogP contribution in [0.4, 0.5) is 5.69 Å². The molecule has 7 heteroatoms. The van der Waals surface area contributed by atoms with E-state index in [2.05, 4.69) is 5.10 Å². The van der Waals surface area contributed by atoms with E-state index < -0.39 is 4.92 Å². The fraction of sp³-hybridized carbons (Fsp3) is 0. The third-order valence-corrected chi connectivity index (χ3v) is 2.32. The average molecular weight is 307 g/mol. The zero-order chi connectivity index (χ0) is 10.7. The summed E-state index contributed by atoms with van der Waals surface area (Å²) in [4.78, 5) is 9.92. The monoisotopic (exact) mass is 307 g/mol. The number of nitro benzene ring substituents is 1. The molecular formula is C7H6IN3O3. The van der Waals surface area contributed by atoms with Gasteiger partial charge in [-0.2, -0.15) is 5.10 Å². The summed E-state index contributed by atoms with van der Waals surface area (Å²) in [6.45, 7) is 0. The second kappa shape index (κ2) is 4.22. The number of benzene rings is 1. The molecule has 74 valence electrons. The lowest BCUT2D eigenvalue weighted by Gasteiger charge is -2.00. The third-order valence-electron chi connectivity index (χ3n) is 1.50. The Labute approximate surface area is 92.7 Å². The molecule has 0 spiro atoms. The molecule has 0 aromatic heterocycles. The van der Waals surface area contributed by atoms with Crippen molar-refractivity contribution in [3.05, 3.63) is 31.4 Å². The number of hydrogen-bond donors (Lipinski definition) is 2. The van der Waals surface area contributed by atoms with Crippen molar-refractivity contribution < 1.29 is 10.0 Å². The Bertz CT molecular complexity index is 405. The van der Waals surface area contributed by atoms with Crippen molar-refractivity contribution in [1.82, 2.24) is 0 Å². The highest BCUT2D eigenvalue weighted by atomic mass is 127. The maximum absolute atomic E-state index is 10.5. The van der Waals surface area contributed by atoms with E-state index in [-0.39, 0.29) is 17.0 Å². The number of nitro groups is 1. The van der Waals surface area contributed by atoms with Crippen molar-refractivity contribution in [3.8, 4) is 5.75 Å². The normalized spacial score (nSPS) is 10.6. The van der Waals surface area contributed by atoms with Crippen LogP contribution in [0.1, 0.15) is 5.56 Å². The van der Waals surface area contributed by atoms with Crippen molar-refractivity contribution in [2.45, 2.75) is 0 Å². The second-order valence-corrected chi connectivity index (χ2v) is 3.56. The van der Waals surface area contributed by atoms with Crippen LogP contribution in [0.25, 0.3) is 0 Å². The number of non-ortho nitro benzene ring substituents is 1. The number of phenols is 1. The van der Waals surface area contributed by atoms with Crippen molar-refractivity contribution >= 4 is 34.5 Å². The van der Waals surface area contributed by atoms with Gasteiger partial charge in [-0.05, 0) is 22.6 Å². The lowest BCUT2D eigenvalue weighted by atomic mass is 10.2. The zero-order valence-corrected chi connectivity index (χ0v) is 9.00. The molecule has 1 rings (SSSR count). The molecule has 0 saturated heterocycles. The quantitative estimate of drug-likeness (QED) is 0.282. The number of halogens is 1. The maximum atomic E-state index is 10.5. The van der Waals surface area contributed by atoms with Gasteiger partial charge in [-0.3, -0.25) is 10.1 Å². The molecule has 1 aromatic rings. The summed E-state index contributed by atoms with van der Waals surface area (Å²) in [6, 6.07) is 2.47. The summed E-state index contributed by atoms with van der Waals surface area (Å²) < 4.78 is 0.381. The van der Waals surface area contributed by atoms with Crippen LogP contribution < -0.4 is 5.84 Å². The highest BCUT2D eigenvalue weighted by molar-refractivity contribution is 14.1. The summed E-state index contributed by atoms with van der Waals surface area (Å²) in [5.74, 6) is 4.83. The van der Waals surface area contributed by atoms with E-state index >= 15 is 0 Å². The minimum absolute atomic E-state index is 0.0644. The summed E-state index contributed by atoms with van der Waals surface area (Å²) in [5, 5.41) is 23.1. The Morgan fingerprint density at radius 2 is 2.29 bits per heavy atom. The zero-order valence-electron chi connectivity index (χ0n) is 6.85. The lowest BCUT2D eigenvalue weighted by molar-refractivity contribution is -0.385. The number of hydrazone groups is 1. The van der Waals surface area contributed by atoms with E-state index in [4.69, 9.17) is 5.84 Å². The van der Waals surface area contributed by atoms with Gasteiger partial charge >= 0.3 is 0 Å². The molecule has 0 aliphatic rings. The van der Waals surface area contributed by atoms with Crippen molar-refractivity contribution in [2.24, 2.45) is 10.9 Å². The molecule has 0 heterocycles. The molecule has 0 fully saturated rings. The predicted molar refractivity (Wildman–Crippen MR) is 59.3 cm³/mol. The highest BCUT2D eigenvalue weighted by Gasteiger charge is 2.13. The van der Waals surface area contributed by atoms with Gasteiger partial charge in [-0.25, -0.2) is 0 Å². The van der Waals surface area contributed by atoms with Crippen molar-refractivity contribution in [3.63, 3.8) is 0 Å². The Kier molecular flexibility index (Phi) is 3.23. The van der Waals surface area contributed by atoms with Crippen LogP contribution in [0.15, 0.2) is 17.2 Å². The number of rotatable bonds is 2. The third kappa shape index (κ3) is 2.10. The molecule has 3 N–H and O–H groups in total. The van der Waals surface area contributed by atoms with E-state index in [9.17, 15) is 15.2 Å². The molecule has 0 aliphatic heterocycles. The van der Waals surface area contributed by atoms with Gasteiger partial charge in [-0.1, -0.05) is 0 Å². The Hall–Kier alpha value is -1.38. The van der Waals surface area contributed by atoms with Crippen LogP contribution in [0.5, 0.6) is 5.75 Å². The summed E-state index contributed by atoms with van der Waals surface area (Å²) in [7, 11) is 0. The molecule has 0 amide bonds. The predicted octanol–water partition coefficient (Wildman–Crippen LogP) is 1.20. The summed E-state index contributed by atoms with van der Waals surface area (Å²) >= 11 is 1.79. The average Bonchev–Trinajstić information content (AvgIpc) is 2.12. The Morgan fingerprint density at radius 1 is 1.64 bits per heavy atom. The fourth-order valence-electron chi connectivity index (χ4n) is 0.890. The minimum Gasteiger partial charge on any atom is -0.506 e. The van der Waals surface area contributed by atoms with Crippen LogP contribution in [0, 0.1) is 13.7 Å². The first-order valence-corrected chi connectivity index (χ1v) is 4.54. The summed E-state index contributed by atoms with van der Waals surface area (Å²) in [6.07, 6.45) is 1.16. The van der Waals surface area contributed by atoms with Gasteiger partial charge in [0.2, 0.25) is 0 Å². The summed E-state index contributed by atoms with van der Waals surface area (Å²) in [5.41, 5.74) is 0.119. The molecule has 0 unspecified atom stereocenters. The number of nitrogens with two attached hydrogens (primary N) is 1. The molecular weight excluding hydrogens is 301 g/mol. The van der Waals surface area contributed by atoms with Crippen molar-refractivity contribution in [2.75, 3.05) is 0 Å². The van der Waals surface area contributed by atoms with Crippen LogP contribution in [0.2, 0.25) is 0 Å². The van der Waals surface area contributed by atoms with Gasteiger partial charge in [-0.15, -0.1) is 0 Å². The first-order valence-electron chi connectivity index (χ1n) is 3.46. The lowest BCUT2D eigenvalue weighted by Crippen LogP contribution is -1.94. The van der Waals surface area contributed by atoms with Gasteiger partial charge in [0.05, 0.1) is 14.7 Å². The van der Waals surface area contributed by atoms with E-state index in [1.165, 1.54) is 12.1 Å². The van der Waals surface area contributed by atoms with E-state index in [0.717, 1.165) is 6.21 Å². The molecule has 0 saturated carbocycles. The molecule has 14 heavy (non-hydrogen) atoms. The minimum atomic E-state index is -0.546. The first kappa shape index (κ1) is 10.7. The smallest absolute Gasteiger partial charge is 0.271 e. The highest BCUT2D eigenvalue weighted by Crippen LogP contribution is 2.28. The molecule has 0 bridgehead atoms. The first-order chi connectivity index (χ1) is 6.56. The Balaban J connectivity index is 3.35. The molecule has 0 atom stereocenters. The van der Waals surface area contributed by atoms with Crippen LogP contribution >= 0.6 is 22.6 Å². The number of phenolic OH excluding ortho intramolecular Hbond substituents is 1. The van der Waals surface area contributed by atoms with Gasteiger partial charge in [0, 0.05) is 17.7 Å². The van der Waals surface area contributed by atoms with Crippen molar-refractivity contribution in [1.29, 1.82) is 0 Å². The number of hydrogen-bond acceptors (Lipinski definition) is 5. The molecule has 6 nitrogen and oxygen atoms in total. The van der Waals surface area contributed by atoms with E-state index in [0.29, 0.717) is 3.57 Å². The second-order valence-electron chi connectivity index (χ2n) is 2.40. The van der Waals surface area contributed by atoms with Gasteiger partial charge < -0.3 is 10.9 Å². The van der Waals surface area contributed by atoms with Gasteiger partial charge in [0.15, 0.2) is 0 Å².